The highest BCUT2D eigenvalue weighted by Crippen LogP contribution is 2.28. The van der Waals surface area contributed by atoms with E-state index in [9.17, 15) is 8.42 Å². The molecule has 0 fully saturated rings. The first-order valence-electron chi connectivity index (χ1n) is 6.12. The van der Waals surface area contributed by atoms with Crippen LogP contribution >= 0.6 is 0 Å². The Morgan fingerprint density at radius 1 is 1.20 bits per heavy atom. The average molecular weight is 295 g/mol. The van der Waals surface area contributed by atoms with Crippen LogP contribution in [0.5, 0.6) is 0 Å². The number of pyridine rings is 1. The second-order valence-electron chi connectivity index (χ2n) is 4.39. The van der Waals surface area contributed by atoms with Crippen molar-refractivity contribution in [2.45, 2.75) is 25.3 Å². The Kier molecular flexibility index (Phi) is 4.10. The molecular formula is C13H17N3O3S. The molecule has 6 nitrogen and oxygen atoms in total. The summed E-state index contributed by atoms with van der Waals surface area (Å²) in [5.74, 6) is 0.987. The van der Waals surface area contributed by atoms with Crippen LogP contribution in [-0.2, 0) is 16.6 Å². The Morgan fingerprint density at radius 2 is 1.85 bits per heavy atom. The van der Waals surface area contributed by atoms with Gasteiger partial charge in [0.15, 0.2) is 0 Å². The van der Waals surface area contributed by atoms with E-state index in [0.717, 1.165) is 0 Å². The normalized spacial score (nSPS) is 11.6. The molecule has 0 radical (unpaired) electrons. The number of nitrogens with one attached hydrogen (secondary N) is 2. The predicted octanol–water partition coefficient (Wildman–Crippen LogP) is 1.81. The maximum Gasteiger partial charge on any atom is 0.265 e. The molecule has 0 amide bonds. The molecule has 0 atom stereocenters. The zero-order valence-electron chi connectivity index (χ0n) is 11.6. The van der Waals surface area contributed by atoms with Crippen molar-refractivity contribution in [3.05, 3.63) is 41.6 Å². The summed E-state index contributed by atoms with van der Waals surface area (Å²) in [5.41, 5.74) is 1.11. The Balaban J connectivity index is 2.44. The first-order valence-corrected chi connectivity index (χ1v) is 7.60. The van der Waals surface area contributed by atoms with Crippen molar-refractivity contribution in [3.8, 4) is 0 Å². The molecule has 2 aromatic rings. The molecule has 2 aromatic heterocycles. The number of furan rings is 1. The van der Waals surface area contributed by atoms with Gasteiger partial charge in [0.1, 0.15) is 16.4 Å². The fraction of sp³-hybridized carbons (Fsp3) is 0.308. The number of hydrogen-bond acceptors (Lipinski definition) is 5. The van der Waals surface area contributed by atoms with Crippen LogP contribution in [0, 0.1) is 13.8 Å². The minimum absolute atomic E-state index is 0.196. The highest BCUT2D eigenvalue weighted by atomic mass is 32.2. The molecule has 2 N–H and O–H groups in total. The van der Waals surface area contributed by atoms with E-state index in [1.165, 1.54) is 12.4 Å². The predicted molar refractivity (Wildman–Crippen MR) is 76.0 cm³/mol. The van der Waals surface area contributed by atoms with Gasteiger partial charge in [-0.15, -0.1) is 0 Å². The molecule has 7 heteroatoms. The summed E-state index contributed by atoms with van der Waals surface area (Å²) < 4.78 is 33.0. The largest absolute Gasteiger partial charge is 0.465 e. The number of nitrogens with zero attached hydrogens (tertiary/aromatic N) is 1. The summed E-state index contributed by atoms with van der Waals surface area (Å²) >= 11 is 0. The topological polar surface area (TPSA) is 84.2 Å². The molecule has 0 spiro atoms. The fourth-order valence-corrected chi connectivity index (χ4v) is 3.58. The fourth-order valence-electron chi connectivity index (χ4n) is 2.07. The molecule has 0 aliphatic rings. The molecule has 0 saturated heterocycles. The van der Waals surface area contributed by atoms with Crippen LogP contribution in [-0.4, -0.2) is 20.4 Å². The SMILES string of the molecule is CNCc1c(C)oc(C)c1S(=O)(=O)Nc1ccncc1. The monoisotopic (exact) mass is 295 g/mol. The molecule has 0 bridgehead atoms. The van der Waals surface area contributed by atoms with Crippen molar-refractivity contribution in [2.24, 2.45) is 0 Å². The number of aryl methyl sites for hydroxylation is 2. The van der Waals surface area contributed by atoms with Gasteiger partial charge in [-0.05, 0) is 33.0 Å². The smallest absolute Gasteiger partial charge is 0.265 e. The van der Waals surface area contributed by atoms with Crippen LogP contribution < -0.4 is 10.0 Å². The maximum absolute atomic E-state index is 12.5. The number of aromatic nitrogens is 1. The van der Waals surface area contributed by atoms with Gasteiger partial charge in [-0.2, -0.15) is 0 Å². The van der Waals surface area contributed by atoms with Crippen LogP contribution in [0.1, 0.15) is 17.1 Å². The van der Waals surface area contributed by atoms with E-state index in [2.05, 4.69) is 15.0 Å². The zero-order chi connectivity index (χ0) is 14.8. The molecule has 2 heterocycles. The van der Waals surface area contributed by atoms with Gasteiger partial charge in [-0.3, -0.25) is 9.71 Å². The molecular weight excluding hydrogens is 278 g/mol. The highest BCUT2D eigenvalue weighted by molar-refractivity contribution is 7.92. The molecule has 0 aliphatic carbocycles. The van der Waals surface area contributed by atoms with Crippen molar-refractivity contribution in [3.63, 3.8) is 0 Å². The molecule has 20 heavy (non-hydrogen) atoms. The van der Waals surface area contributed by atoms with E-state index in [1.54, 1.807) is 33.0 Å². The lowest BCUT2D eigenvalue weighted by Crippen LogP contribution is -2.17. The average Bonchev–Trinajstić information content (AvgIpc) is 2.66. The van der Waals surface area contributed by atoms with E-state index in [0.29, 0.717) is 29.3 Å². The van der Waals surface area contributed by atoms with Gasteiger partial charge in [-0.1, -0.05) is 0 Å². The van der Waals surface area contributed by atoms with Crippen molar-refractivity contribution in [1.82, 2.24) is 10.3 Å². The highest BCUT2D eigenvalue weighted by Gasteiger charge is 2.26. The second-order valence-corrected chi connectivity index (χ2v) is 6.01. The van der Waals surface area contributed by atoms with Gasteiger partial charge in [0.05, 0.1) is 5.69 Å². The van der Waals surface area contributed by atoms with E-state index in [1.807, 2.05) is 0 Å². The first kappa shape index (κ1) is 14.5. The van der Waals surface area contributed by atoms with Crippen molar-refractivity contribution in [2.75, 3.05) is 11.8 Å². The van der Waals surface area contributed by atoms with Crippen LogP contribution in [0.25, 0.3) is 0 Å². The van der Waals surface area contributed by atoms with Gasteiger partial charge in [0, 0.05) is 24.5 Å². The number of rotatable bonds is 5. The van der Waals surface area contributed by atoms with E-state index >= 15 is 0 Å². The van der Waals surface area contributed by atoms with Gasteiger partial charge < -0.3 is 9.73 Å². The van der Waals surface area contributed by atoms with Crippen molar-refractivity contribution in [1.29, 1.82) is 0 Å². The molecule has 0 aliphatic heterocycles. The molecule has 2 rings (SSSR count). The molecule has 108 valence electrons. The lowest BCUT2D eigenvalue weighted by Gasteiger charge is -2.09. The number of hydrogen-bond donors (Lipinski definition) is 2. The Hall–Kier alpha value is -1.86. The molecule has 0 saturated carbocycles. The van der Waals surface area contributed by atoms with Gasteiger partial charge in [0.2, 0.25) is 0 Å². The lowest BCUT2D eigenvalue weighted by atomic mass is 10.2. The summed E-state index contributed by atoms with van der Waals surface area (Å²) in [4.78, 5) is 4.05. The van der Waals surface area contributed by atoms with Crippen LogP contribution in [0.3, 0.4) is 0 Å². The van der Waals surface area contributed by atoms with E-state index in [-0.39, 0.29) is 4.90 Å². The lowest BCUT2D eigenvalue weighted by molar-refractivity contribution is 0.494. The van der Waals surface area contributed by atoms with Crippen molar-refractivity contribution >= 4 is 15.7 Å². The minimum Gasteiger partial charge on any atom is -0.465 e. The third kappa shape index (κ3) is 2.83. The standard InChI is InChI=1S/C13H17N3O3S/c1-9-12(8-14-3)13(10(2)19-9)20(17,18)16-11-4-6-15-7-5-11/h4-7,14H,8H2,1-3H3,(H,15,16). The quantitative estimate of drug-likeness (QED) is 0.879. The summed E-state index contributed by atoms with van der Waals surface area (Å²) in [5, 5.41) is 2.95. The second kappa shape index (κ2) is 5.64. The Labute approximate surface area is 118 Å². The summed E-state index contributed by atoms with van der Waals surface area (Å²) in [6, 6.07) is 3.19. The first-order chi connectivity index (χ1) is 9.45. The number of sulfonamides is 1. The maximum atomic E-state index is 12.5. The van der Waals surface area contributed by atoms with Crippen LogP contribution in [0.15, 0.2) is 33.8 Å². The van der Waals surface area contributed by atoms with E-state index < -0.39 is 10.0 Å². The third-order valence-electron chi connectivity index (χ3n) is 2.88. The van der Waals surface area contributed by atoms with Gasteiger partial charge in [-0.25, -0.2) is 8.42 Å². The van der Waals surface area contributed by atoms with E-state index in [4.69, 9.17) is 4.42 Å². The summed E-state index contributed by atoms with van der Waals surface area (Å²) in [6.07, 6.45) is 3.06. The minimum atomic E-state index is -3.69. The Morgan fingerprint density at radius 3 is 2.45 bits per heavy atom. The van der Waals surface area contributed by atoms with Crippen molar-refractivity contribution < 1.29 is 12.8 Å². The third-order valence-corrected chi connectivity index (χ3v) is 4.46. The van der Waals surface area contributed by atoms with Gasteiger partial charge >= 0.3 is 0 Å². The number of anilines is 1. The molecule has 0 aromatic carbocycles. The van der Waals surface area contributed by atoms with Gasteiger partial charge in [0.25, 0.3) is 10.0 Å². The van der Waals surface area contributed by atoms with Crippen LogP contribution in [0.2, 0.25) is 0 Å². The summed E-state index contributed by atoms with van der Waals surface area (Å²) in [7, 11) is -1.93. The Bertz CT molecular complexity index is 693. The van der Waals surface area contributed by atoms with Crippen LogP contribution in [0.4, 0.5) is 5.69 Å². The summed E-state index contributed by atoms with van der Waals surface area (Å²) in [6.45, 7) is 3.83. The molecule has 0 unspecified atom stereocenters. The zero-order valence-corrected chi connectivity index (χ0v) is 12.4.